The van der Waals surface area contributed by atoms with Crippen molar-refractivity contribution in [2.45, 2.75) is 11.8 Å². The Morgan fingerprint density at radius 3 is 2.54 bits per heavy atom. The van der Waals surface area contributed by atoms with Gasteiger partial charge in [-0.15, -0.1) is 0 Å². The first kappa shape index (κ1) is 9.99. The van der Waals surface area contributed by atoms with Crippen LogP contribution in [0.15, 0.2) is 40.4 Å². The third-order valence-corrected chi connectivity index (χ3v) is 2.33. The lowest BCUT2D eigenvalue weighted by Gasteiger charge is -1.95. The van der Waals surface area contributed by atoms with Crippen LogP contribution < -0.4 is 0 Å². The molecule has 0 bridgehead atoms. The van der Waals surface area contributed by atoms with Crippen molar-refractivity contribution in [3.63, 3.8) is 0 Å². The van der Waals surface area contributed by atoms with Crippen LogP contribution in [0.4, 0.5) is 4.39 Å². The van der Waals surface area contributed by atoms with E-state index < -0.39 is 5.83 Å². The maximum absolute atomic E-state index is 12.4. The van der Waals surface area contributed by atoms with E-state index in [9.17, 15) is 9.18 Å². The predicted octanol–water partition coefficient (Wildman–Crippen LogP) is 3.10. The van der Waals surface area contributed by atoms with E-state index in [-0.39, 0.29) is 6.29 Å². The highest BCUT2D eigenvalue weighted by molar-refractivity contribution is 8.02. The third-order valence-electron chi connectivity index (χ3n) is 1.44. The summed E-state index contributed by atoms with van der Waals surface area (Å²) in [7, 11) is 0. The molecule has 0 fully saturated rings. The Morgan fingerprint density at radius 1 is 1.38 bits per heavy atom. The van der Waals surface area contributed by atoms with Crippen LogP contribution in [-0.2, 0) is 4.79 Å². The molecule has 13 heavy (non-hydrogen) atoms. The van der Waals surface area contributed by atoms with Crippen LogP contribution in [0.3, 0.4) is 0 Å². The number of halogens is 1. The number of benzene rings is 1. The van der Waals surface area contributed by atoms with Gasteiger partial charge in [0.05, 0.1) is 0 Å². The summed E-state index contributed by atoms with van der Waals surface area (Å²) < 4.78 is 12.4. The van der Waals surface area contributed by atoms with E-state index in [1.165, 1.54) is 17.2 Å². The molecule has 0 unspecified atom stereocenters. The van der Waals surface area contributed by atoms with Crippen molar-refractivity contribution in [3.05, 3.63) is 41.1 Å². The molecule has 1 nitrogen and oxygen atoms in total. The van der Waals surface area contributed by atoms with Crippen LogP contribution in [-0.4, -0.2) is 6.29 Å². The lowest BCUT2D eigenvalue weighted by atomic mass is 10.2. The molecule has 0 amide bonds. The van der Waals surface area contributed by atoms with Gasteiger partial charge in [0.1, 0.15) is 0 Å². The molecule has 0 aromatic heterocycles. The first-order chi connectivity index (χ1) is 6.22. The summed E-state index contributed by atoms with van der Waals surface area (Å²) >= 11 is 1.19. The molecule has 0 aliphatic heterocycles. The van der Waals surface area contributed by atoms with E-state index in [0.717, 1.165) is 10.5 Å². The van der Waals surface area contributed by atoms with Gasteiger partial charge in [-0.1, -0.05) is 29.5 Å². The highest BCUT2D eigenvalue weighted by atomic mass is 32.2. The predicted molar refractivity (Wildman–Crippen MR) is 52.3 cm³/mol. The first-order valence-corrected chi connectivity index (χ1v) is 4.64. The fraction of sp³-hybridized carbons (Fsp3) is 0.100. The van der Waals surface area contributed by atoms with Gasteiger partial charge in [-0.25, -0.2) is 4.39 Å². The molecule has 1 rings (SSSR count). The summed E-state index contributed by atoms with van der Waals surface area (Å²) in [6.45, 7) is 1.98. The summed E-state index contributed by atoms with van der Waals surface area (Å²) in [5, 5.41) is 1.19. The average Bonchev–Trinajstić information content (AvgIpc) is 2.16. The zero-order valence-electron chi connectivity index (χ0n) is 7.16. The van der Waals surface area contributed by atoms with Crippen LogP contribution in [0, 0.1) is 6.92 Å². The maximum Gasteiger partial charge on any atom is 0.178 e. The number of carbonyl (C=O) groups excluding carboxylic acids is 1. The van der Waals surface area contributed by atoms with Gasteiger partial charge in [0, 0.05) is 10.3 Å². The van der Waals surface area contributed by atoms with Gasteiger partial charge in [-0.3, -0.25) is 4.79 Å². The van der Waals surface area contributed by atoms with E-state index in [1.807, 2.05) is 31.2 Å². The fourth-order valence-corrected chi connectivity index (χ4v) is 1.37. The van der Waals surface area contributed by atoms with Crippen LogP contribution in [0.1, 0.15) is 5.56 Å². The Balaban J connectivity index is 2.65. The largest absolute Gasteiger partial charge is 0.295 e. The second kappa shape index (κ2) is 4.82. The molecular formula is C10H9FOS. The van der Waals surface area contributed by atoms with Crippen molar-refractivity contribution in [2.75, 3.05) is 0 Å². The fourth-order valence-electron chi connectivity index (χ4n) is 0.769. The van der Waals surface area contributed by atoms with Crippen LogP contribution in [0.2, 0.25) is 0 Å². The Labute approximate surface area is 80.7 Å². The number of thioether (sulfide) groups is 1. The van der Waals surface area contributed by atoms with Crippen molar-refractivity contribution in [2.24, 2.45) is 0 Å². The Morgan fingerprint density at radius 2 is 2.00 bits per heavy atom. The quantitative estimate of drug-likeness (QED) is 0.420. The number of aryl methyl sites for hydroxylation is 1. The third kappa shape index (κ3) is 3.42. The van der Waals surface area contributed by atoms with Gasteiger partial charge in [0.15, 0.2) is 12.1 Å². The van der Waals surface area contributed by atoms with Crippen molar-refractivity contribution in [1.82, 2.24) is 0 Å². The van der Waals surface area contributed by atoms with Crippen molar-refractivity contribution in [1.29, 1.82) is 0 Å². The number of allylic oxidation sites excluding steroid dienone is 1. The molecule has 0 saturated heterocycles. The summed E-state index contributed by atoms with van der Waals surface area (Å²) in [6.07, 6.45) is 0.196. The Kier molecular flexibility index (Phi) is 3.71. The van der Waals surface area contributed by atoms with Gasteiger partial charge in [-0.05, 0) is 19.1 Å². The lowest BCUT2D eigenvalue weighted by Crippen LogP contribution is -1.73. The number of rotatable bonds is 3. The molecule has 0 N–H and O–H groups in total. The smallest absolute Gasteiger partial charge is 0.178 e. The molecule has 0 aliphatic carbocycles. The van der Waals surface area contributed by atoms with E-state index in [0.29, 0.717) is 0 Å². The van der Waals surface area contributed by atoms with Gasteiger partial charge in [0.25, 0.3) is 0 Å². The number of hydrogen-bond acceptors (Lipinski definition) is 2. The number of aldehydes is 1. The molecule has 0 atom stereocenters. The van der Waals surface area contributed by atoms with Crippen LogP contribution >= 0.6 is 11.8 Å². The van der Waals surface area contributed by atoms with Gasteiger partial charge >= 0.3 is 0 Å². The minimum atomic E-state index is -0.745. The summed E-state index contributed by atoms with van der Waals surface area (Å²) in [4.78, 5) is 10.8. The Hall–Kier alpha value is -1.09. The van der Waals surface area contributed by atoms with Crippen molar-refractivity contribution < 1.29 is 9.18 Å². The van der Waals surface area contributed by atoms with E-state index in [1.54, 1.807) is 0 Å². The zero-order valence-corrected chi connectivity index (χ0v) is 7.98. The van der Waals surface area contributed by atoms with Crippen LogP contribution in [0.25, 0.3) is 0 Å². The SMILES string of the molecule is Cc1ccc(S/C=C(\F)C=O)cc1. The standard InChI is InChI=1S/C10H9FOS/c1-8-2-4-10(5-3-8)13-7-9(11)6-12/h2-7H,1H3/b9-7-. The first-order valence-electron chi connectivity index (χ1n) is 3.76. The number of hydrogen-bond donors (Lipinski definition) is 0. The minimum Gasteiger partial charge on any atom is -0.295 e. The van der Waals surface area contributed by atoms with E-state index in [2.05, 4.69) is 0 Å². The van der Waals surface area contributed by atoms with E-state index >= 15 is 0 Å². The van der Waals surface area contributed by atoms with E-state index in [4.69, 9.17) is 0 Å². The zero-order chi connectivity index (χ0) is 9.68. The molecule has 0 aliphatic rings. The lowest BCUT2D eigenvalue weighted by molar-refractivity contribution is -0.106. The normalized spacial score (nSPS) is 11.4. The Bertz CT molecular complexity index is 316. The maximum atomic E-state index is 12.4. The van der Waals surface area contributed by atoms with Gasteiger partial charge in [-0.2, -0.15) is 0 Å². The molecule has 68 valence electrons. The van der Waals surface area contributed by atoms with Crippen molar-refractivity contribution in [3.8, 4) is 0 Å². The molecule has 3 heteroatoms. The monoisotopic (exact) mass is 196 g/mol. The summed E-state index contributed by atoms with van der Waals surface area (Å²) in [5.74, 6) is -0.745. The molecule has 0 radical (unpaired) electrons. The topological polar surface area (TPSA) is 17.1 Å². The highest BCUT2D eigenvalue weighted by Gasteiger charge is 1.93. The van der Waals surface area contributed by atoms with Gasteiger partial charge < -0.3 is 0 Å². The molecule has 0 saturated carbocycles. The molecule has 0 spiro atoms. The molecular weight excluding hydrogens is 187 g/mol. The minimum absolute atomic E-state index is 0.196. The van der Waals surface area contributed by atoms with Crippen molar-refractivity contribution >= 4 is 18.0 Å². The van der Waals surface area contributed by atoms with Gasteiger partial charge in [0.2, 0.25) is 0 Å². The summed E-state index contributed by atoms with van der Waals surface area (Å²) in [6, 6.07) is 7.65. The summed E-state index contributed by atoms with van der Waals surface area (Å²) in [5.41, 5.74) is 1.16. The highest BCUT2D eigenvalue weighted by Crippen LogP contribution is 2.20. The second-order valence-electron chi connectivity index (χ2n) is 2.55. The van der Waals surface area contributed by atoms with Crippen LogP contribution in [0.5, 0.6) is 0 Å². The number of carbonyl (C=O) groups is 1. The second-order valence-corrected chi connectivity index (χ2v) is 3.49. The molecule has 1 aromatic rings. The molecule has 1 aromatic carbocycles. The average molecular weight is 196 g/mol. The molecule has 0 heterocycles.